The van der Waals surface area contributed by atoms with Gasteiger partial charge >= 0.3 is 6.09 Å². The van der Waals surface area contributed by atoms with Crippen LogP contribution in [0.5, 0.6) is 0 Å². The van der Waals surface area contributed by atoms with Crippen LogP contribution in [0.2, 0.25) is 0 Å². The molecule has 4 rings (SSSR count). The summed E-state index contributed by atoms with van der Waals surface area (Å²) in [5, 5.41) is 19.8. The van der Waals surface area contributed by atoms with Crippen molar-refractivity contribution in [2.24, 2.45) is 0 Å². The van der Waals surface area contributed by atoms with Crippen LogP contribution in [-0.2, 0) is 27.1 Å². The molecule has 1 aliphatic carbocycles. The predicted molar refractivity (Wildman–Crippen MR) is 129 cm³/mol. The summed E-state index contributed by atoms with van der Waals surface area (Å²) in [5.41, 5.74) is 2.43. The molecule has 2 aromatic rings. The van der Waals surface area contributed by atoms with E-state index < -0.39 is 6.09 Å². The molecule has 2 aromatic heterocycles. The molecule has 1 fully saturated rings. The number of fused-ring (bicyclic) bond motifs is 1. The number of amides is 2. The van der Waals surface area contributed by atoms with E-state index in [1.807, 2.05) is 16.8 Å². The number of carbonyl (C=O) groups excluding carboxylic acids is 2. The summed E-state index contributed by atoms with van der Waals surface area (Å²) in [6.07, 6.45) is 4.39. The molecule has 33 heavy (non-hydrogen) atoms. The van der Waals surface area contributed by atoms with Gasteiger partial charge in [-0.05, 0) is 46.9 Å². The van der Waals surface area contributed by atoms with E-state index in [9.17, 15) is 14.9 Å². The van der Waals surface area contributed by atoms with E-state index in [0.29, 0.717) is 36.4 Å². The number of nitrogens with zero attached hydrogens (tertiary/aromatic N) is 2. The lowest BCUT2D eigenvalue weighted by Gasteiger charge is -2.27. The number of alkyl carbamates (subject to hydrolysis) is 1. The van der Waals surface area contributed by atoms with Crippen molar-refractivity contribution in [3.05, 3.63) is 44.5 Å². The maximum atomic E-state index is 12.3. The SMILES string of the molecule is N#Cc1c(NC(=O)C=Cc2ccsc2)sc2c1CCC(OC(=O)NCCN1CCOCC1)C2. The van der Waals surface area contributed by atoms with Crippen LogP contribution in [-0.4, -0.2) is 62.4 Å². The van der Waals surface area contributed by atoms with Gasteiger partial charge < -0.3 is 20.1 Å². The van der Waals surface area contributed by atoms with E-state index in [2.05, 4.69) is 21.6 Å². The van der Waals surface area contributed by atoms with E-state index in [1.54, 1.807) is 17.4 Å². The number of carbonyl (C=O) groups is 2. The van der Waals surface area contributed by atoms with E-state index >= 15 is 0 Å². The summed E-state index contributed by atoms with van der Waals surface area (Å²) < 4.78 is 10.9. The van der Waals surface area contributed by atoms with Crippen molar-refractivity contribution in [3.63, 3.8) is 0 Å². The van der Waals surface area contributed by atoms with Crippen molar-refractivity contribution < 1.29 is 19.1 Å². The Bertz CT molecular complexity index is 1040. The Balaban J connectivity index is 1.29. The second-order valence-corrected chi connectivity index (χ2v) is 9.74. The smallest absolute Gasteiger partial charge is 0.407 e. The summed E-state index contributed by atoms with van der Waals surface area (Å²) in [6.45, 7) is 4.52. The van der Waals surface area contributed by atoms with Crippen LogP contribution in [0.4, 0.5) is 9.80 Å². The van der Waals surface area contributed by atoms with E-state index in [1.165, 1.54) is 17.4 Å². The molecule has 0 aromatic carbocycles. The maximum absolute atomic E-state index is 12.3. The summed E-state index contributed by atoms with van der Waals surface area (Å²) in [7, 11) is 0. The molecule has 1 saturated heterocycles. The van der Waals surface area contributed by atoms with Gasteiger partial charge in [0.2, 0.25) is 5.91 Å². The van der Waals surface area contributed by atoms with Crippen LogP contribution in [0, 0.1) is 11.3 Å². The number of hydrogen-bond donors (Lipinski definition) is 2. The minimum absolute atomic E-state index is 0.242. The molecule has 3 heterocycles. The van der Waals surface area contributed by atoms with Gasteiger partial charge in [0.05, 0.1) is 18.8 Å². The molecule has 174 valence electrons. The van der Waals surface area contributed by atoms with Gasteiger partial charge in [0.1, 0.15) is 17.2 Å². The van der Waals surface area contributed by atoms with Gasteiger partial charge in [0.15, 0.2) is 0 Å². The molecule has 0 spiro atoms. The molecule has 10 heteroatoms. The fourth-order valence-corrected chi connectivity index (χ4v) is 5.79. The highest BCUT2D eigenvalue weighted by Gasteiger charge is 2.28. The monoisotopic (exact) mass is 486 g/mol. The number of rotatable bonds is 7. The zero-order chi connectivity index (χ0) is 23.0. The number of nitriles is 1. The van der Waals surface area contributed by atoms with Crippen molar-refractivity contribution >= 4 is 45.8 Å². The van der Waals surface area contributed by atoms with E-state index in [0.717, 1.165) is 48.9 Å². The first-order valence-corrected chi connectivity index (χ1v) is 12.7. The second-order valence-electron chi connectivity index (χ2n) is 7.85. The van der Waals surface area contributed by atoms with Gasteiger partial charge in [-0.2, -0.15) is 16.6 Å². The number of morpholine rings is 1. The maximum Gasteiger partial charge on any atom is 0.407 e. The molecule has 0 radical (unpaired) electrons. The Morgan fingerprint density at radius 3 is 2.97 bits per heavy atom. The molecule has 1 atom stereocenters. The third-order valence-corrected chi connectivity index (χ3v) is 7.48. The zero-order valence-electron chi connectivity index (χ0n) is 18.2. The molecule has 1 aliphatic heterocycles. The first-order valence-electron chi connectivity index (χ1n) is 10.9. The van der Waals surface area contributed by atoms with Gasteiger partial charge in [-0.15, -0.1) is 11.3 Å². The number of thiophene rings is 2. The third kappa shape index (κ3) is 6.42. The van der Waals surface area contributed by atoms with Crippen LogP contribution in [0.1, 0.15) is 28.0 Å². The Hall–Kier alpha value is -2.71. The minimum Gasteiger partial charge on any atom is -0.446 e. The Kier molecular flexibility index (Phi) is 8.12. The largest absolute Gasteiger partial charge is 0.446 e. The average Bonchev–Trinajstić information content (AvgIpc) is 3.45. The van der Waals surface area contributed by atoms with Gasteiger partial charge in [0.25, 0.3) is 0 Å². The van der Waals surface area contributed by atoms with Crippen LogP contribution >= 0.6 is 22.7 Å². The number of ether oxygens (including phenoxy) is 2. The van der Waals surface area contributed by atoms with Crippen LogP contribution in [0.25, 0.3) is 6.08 Å². The molecule has 2 aliphatic rings. The molecule has 0 saturated carbocycles. The lowest BCUT2D eigenvalue weighted by atomic mass is 9.94. The Morgan fingerprint density at radius 1 is 1.36 bits per heavy atom. The fourth-order valence-electron chi connectivity index (χ4n) is 3.89. The zero-order valence-corrected chi connectivity index (χ0v) is 19.8. The van der Waals surface area contributed by atoms with Crippen molar-refractivity contribution in [3.8, 4) is 6.07 Å². The summed E-state index contributed by atoms with van der Waals surface area (Å²) in [4.78, 5) is 27.8. The van der Waals surface area contributed by atoms with Crippen LogP contribution in [0.3, 0.4) is 0 Å². The molecular weight excluding hydrogens is 460 g/mol. The lowest BCUT2D eigenvalue weighted by Crippen LogP contribution is -2.42. The van der Waals surface area contributed by atoms with Crippen molar-refractivity contribution in [1.82, 2.24) is 10.2 Å². The van der Waals surface area contributed by atoms with Crippen molar-refractivity contribution in [2.75, 3.05) is 44.7 Å². The summed E-state index contributed by atoms with van der Waals surface area (Å²) in [6, 6.07) is 4.16. The molecule has 2 N–H and O–H groups in total. The topological polar surface area (TPSA) is 104 Å². The fraction of sp³-hybridized carbons (Fsp3) is 0.435. The number of hydrogen-bond acceptors (Lipinski definition) is 8. The lowest BCUT2D eigenvalue weighted by molar-refractivity contribution is -0.111. The normalized spacial score (nSPS) is 18.5. The molecule has 2 amide bonds. The highest BCUT2D eigenvalue weighted by molar-refractivity contribution is 7.16. The molecule has 1 unspecified atom stereocenters. The summed E-state index contributed by atoms with van der Waals surface area (Å²) in [5.74, 6) is -0.274. The Morgan fingerprint density at radius 2 is 2.21 bits per heavy atom. The summed E-state index contributed by atoms with van der Waals surface area (Å²) >= 11 is 2.95. The van der Waals surface area contributed by atoms with Gasteiger partial charge in [-0.1, -0.05) is 0 Å². The highest BCUT2D eigenvalue weighted by Crippen LogP contribution is 2.38. The minimum atomic E-state index is -0.416. The average molecular weight is 487 g/mol. The van der Waals surface area contributed by atoms with E-state index in [4.69, 9.17) is 9.47 Å². The number of anilines is 1. The molecule has 8 nitrogen and oxygen atoms in total. The number of nitrogens with one attached hydrogen (secondary N) is 2. The van der Waals surface area contributed by atoms with E-state index in [-0.39, 0.29) is 12.0 Å². The Labute approximate surface area is 200 Å². The van der Waals surface area contributed by atoms with Gasteiger partial charge in [0, 0.05) is 43.6 Å². The van der Waals surface area contributed by atoms with Crippen LogP contribution < -0.4 is 10.6 Å². The first kappa shape index (κ1) is 23.4. The van der Waals surface area contributed by atoms with Gasteiger partial charge in [-0.3, -0.25) is 9.69 Å². The first-order chi connectivity index (χ1) is 16.1. The quantitative estimate of drug-likeness (QED) is 0.583. The third-order valence-electron chi connectivity index (χ3n) is 5.61. The van der Waals surface area contributed by atoms with Crippen LogP contribution in [0.15, 0.2) is 22.9 Å². The molecule has 0 bridgehead atoms. The second kappa shape index (κ2) is 11.4. The highest BCUT2D eigenvalue weighted by atomic mass is 32.1. The standard InChI is InChI=1S/C23H26N4O4S2/c24-14-19-18-3-2-17(31-23(29)25-6-7-27-8-10-30-11-9-27)13-20(18)33-22(19)26-21(28)4-1-16-5-12-32-15-16/h1,4-5,12,15,17H,2-3,6-11,13H2,(H,25,29)(H,26,28). The molecular formula is C23H26N4O4S2. The van der Waals surface area contributed by atoms with Gasteiger partial charge in [-0.25, -0.2) is 4.79 Å². The van der Waals surface area contributed by atoms with Crippen molar-refractivity contribution in [1.29, 1.82) is 5.26 Å². The van der Waals surface area contributed by atoms with Crippen molar-refractivity contribution in [2.45, 2.75) is 25.4 Å². The predicted octanol–water partition coefficient (Wildman–Crippen LogP) is 3.25.